The van der Waals surface area contributed by atoms with E-state index in [0.29, 0.717) is 13.3 Å². The molecule has 2 unspecified atom stereocenters. The van der Waals surface area contributed by atoms with Crippen molar-refractivity contribution in [2.24, 2.45) is 5.73 Å². The van der Waals surface area contributed by atoms with Gasteiger partial charge in [-0.25, -0.2) is 0 Å². The Labute approximate surface area is 132 Å². The maximum Gasteiger partial charge on any atom is 0.186 e. The monoisotopic (exact) mass is 310 g/mol. The first-order chi connectivity index (χ1) is 10.2. The summed E-state index contributed by atoms with van der Waals surface area (Å²) in [6.07, 6.45) is 0.00796. The van der Waals surface area contributed by atoms with Gasteiger partial charge in [-0.05, 0) is 5.56 Å². The molecule has 2 rings (SSSR count). The molecule has 0 saturated carbocycles. The Morgan fingerprint density at radius 3 is 2.67 bits per heavy atom. The highest BCUT2D eigenvalue weighted by atomic mass is 32.2. The van der Waals surface area contributed by atoms with Crippen LogP contribution in [0, 0.1) is 0 Å². The van der Waals surface area contributed by atoms with Gasteiger partial charge < -0.3 is 10.5 Å². The predicted octanol–water partition coefficient (Wildman–Crippen LogP) is 2.65. The Kier molecular flexibility index (Phi) is 8.61. The second-order valence-electron chi connectivity index (χ2n) is 4.61. The molecule has 0 aliphatic carbocycles. The number of benzene rings is 1. The maximum absolute atomic E-state index is 11.5. The van der Waals surface area contributed by atoms with Crippen LogP contribution in [0.3, 0.4) is 0 Å². The fourth-order valence-electron chi connectivity index (χ4n) is 2.26. The Morgan fingerprint density at radius 1 is 1.43 bits per heavy atom. The van der Waals surface area contributed by atoms with Crippen LogP contribution in [0.1, 0.15) is 31.6 Å². The number of nitrogens with zero attached hydrogens (tertiary/aromatic N) is 1. The fourth-order valence-corrected chi connectivity index (χ4v) is 3.23. The Bertz CT molecular complexity index is 414. The number of rotatable bonds is 4. The third-order valence-electron chi connectivity index (χ3n) is 3.19. The zero-order valence-electron chi connectivity index (χ0n) is 13.1. The maximum atomic E-state index is 11.5. The average Bonchev–Trinajstić information content (AvgIpc) is 2.55. The van der Waals surface area contributed by atoms with Gasteiger partial charge in [0.2, 0.25) is 0 Å². The normalized spacial score (nSPS) is 20.3. The number of thioether (sulfide) groups is 1. The third-order valence-corrected chi connectivity index (χ3v) is 4.36. The topological polar surface area (TPSA) is 55.6 Å². The molecule has 1 heterocycles. The summed E-state index contributed by atoms with van der Waals surface area (Å²) in [6, 6.07) is 10.1. The molecule has 1 fully saturated rings. The molecule has 5 heteroatoms. The number of hydrogen-bond acceptors (Lipinski definition) is 5. The van der Waals surface area contributed by atoms with Gasteiger partial charge >= 0.3 is 0 Å². The number of carbonyl (C=O) groups excluding carboxylic acids is 1. The lowest BCUT2D eigenvalue weighted by Gasteiger charge is -2.35. The minimum absolute atomic E-state index is 0.00796. The Morgan fingerprint density at radius 2 is 2.10 bits per heavy atom. The van der Waals surface area contributed by atoms with Gasteiger partial charge in [0.05, 0.1) is 18.0 Å². The van der Waals surface area contributed by atoms with Crippen molar-refractivity contribution in [3.8, 4) is 0 Å². The van der Waals surface area contributed by atoms with Gasteiger partial charge in [0.25, 0.3) is 0 Å². The minimum atomic E-state index is 0.00796. The lowest BCUT2D eigenvalue weighted by atomic mass is 10.1. The van der Waals surface area contributed by atoms with Crippen LogP contribution in [0.4, 0.5) is 0 Å². The van der Waals surface area contributed by atoms with E-state index < -0.39 is 0 Å². The van der Waals surface area contributed by atoms with E-state index in [9.17, 15) is 4.79 Å². The first kappa shape index (κ1) is 18.2. The molecule has 0 aromatic heterocycles. The summed E-state index contributed by atoms with van der Waals surface area (Å²) in [7, 11) is 0. The number of hydrogen-bond donors (Lipinski definition) is 1. The first-order valence-electron chi connectivity index (χ1n) is 7.47. The zero-order valence-corrected chi connectivity index (χ0v) is 13.9. The lowest BCUT2D eigenvalue weighted by Crippen LogP contribution is -2.46. The summed E-state index contributed by atoms with van der Waals surface area (Å²) in [5, 5.41) is 0.148. The van der Waals surface area contributed by atoms with E-state index in [1.807, 2.05) is 44.2 Å². The number of nitrogens with two attached hydrogens (primary N) is 1. The van der Waals surface area contributed by atoms with Gasteiger partial charge in [0.15, 0.2) is 5.12 Å². The number of morpholine rings is 1. The summed E-state index contributed by atoms with van der Waals surface area (Å²) in [5.41, 5.74) is 6.83. The molecule has 1 aromatic carbocycles. The van der Waals surface area contributed by atoms with E-state index in [4.69, 9.17) is 10.5 Å². The average molecular weight is 310 g/mol. The molecule has 0 spiro atoms. The molecule has 1 aromatic rings. The minimum Gasteiger partial charge on any atom is -0.374 e. The molecule has 0 bridgehead atoms. The van der Waals surface area contributed by atoms with Crippen molar-refractivity contribution >= 4 is 16.9 Å². The molecule has 2 atom stereocenters. The fraction of sp³-hybridized carbons (Fsp3) is 0.562. The molecule has 0 amide bonds. The zero-order chi connectivity index (χ0) is 15.7. The van der Waals surface area contributed by atoms with Crippen molar-refractivity contribution in [3.63, 3.8) is 0 Å². The molecular formula is C16H26N2O2S. The molecule has 1 saturated heterocycles. The second kappa shape index (κ2) is 9.95. The van der Waals surface area contributed by atoms with Crippen molar-refractivity contribution in [1.82, 2.24) is 4.90 Å². The van der Waals surface area contributed by atoms with Crippen LogP contribution in [0.25, 0.3) is 0 Å². The van der Waals surface area contributed by atoms with Crippen LogP contribution in [-0.2, 0) is 9.53 Å². The summed E-state index contributed by atoms with van der Waals surface area (Å²) >= 11 is 1.34. The molecule has 1 aliphatic rings. The van der Waals surface area contributed by atoms with E-state index in [-0.39, 0.29) is 16.5 Å². The number of carbonyl (C=O) groups is 1. The highest BCUT2D eigenvalue weighted by Gasteiger charge is 2.30. The van der Waals surface area contributed by atoms with E-state index in [1.54, 1.807) is 6.92 Å². The van der Waals surface area contributed by atoms with Gasteiger partial charge in [0.1, 0.15) is 0 Å². The van der Waals surface area contributed by atoms with Crippen molar-refractivity contribution < 1.29 is 9.53 Å². The number of ether oxygens (including phenoxy) is 1. The Balaban J connectivity index is 0.00000106. The van der Waals surface area contributed by atoms with Gasteiger partial charge in [-0.1, -0.05) is 55.9 Å². The van der Waals surface area contributed by atoms with Crippen molar-refractivity contribution in [2.45, 2.75) is 32.1 Å². The lowest BCUT2D eigenvalue weighted by molar-refractivity contribution is -0.109. The van der Waals surface area contributed by atoms with Crippen LogP contribution < -0.4 is 5.73 Å². The van der Waals surface area contributed by atoms with Gasteiger partial charge in [-0.15, -0.1) is 0 Å². The van der Waals surface area contributed by atoms with E-state index in [0.717, 1.165) is 18.7 Å². The third kappa shape index (κ3) is 5.79. The standard InChI is InChI=1S/C14H20N2O2S.C2H6/c1-11(17)19-14(12-5-3-2-4-6-12)13-9-16(10-15)7-8-18-13;1-2/h2-6,13-14H,7-10,15H2,1H3;1-2H3. The summed E-state index contributed by atoms with van der Waals surface area (Å²) < 4.78 is 5.86. The molecule has 0 radical (unpaired) electrons. The predicted molar refractivity (Wildman–Crippen MR) is 89.2 cm³/mol. The first-order valence-corrected chi connectivity index (χ1v) is 8.35. The Hall–Kier alpha value is -0.880. The van der Waals surface area contributed by atoms with Crippen molar-refractivity contribution in [1.29, 1.82) is 0 Å². The molecule has 4 nitrogen and oxygen atoms in total. The van der Waals surface area contributed by atoms with Gasteiger partial charge in [-0.2, -0.15) is 0 Å². The quantitative estimate of drug-likeness (QED) is 0.926. The second-order valence-corrected chi connectivity index (χ2v) is 5.93. The van der Waals surface area contributed by atoms with Crippen molar-refractivity contribution in [3.05, 3.63) is 35.9 Å². The van der Waals surface area contributed by atoms with Crippen molar-refractivity contribution in [2.75, 3.05) is 26.4 Å². The van der Waals surface area contributed by atoms with Gasteiger partial charge in [-0.3, -0.25) is 9.69 Å². The highest BCUT2D eigenvalue weighted by molar-refractivity contribution is 8.13. The smallest absolute Gasteiger partial charge is 0.186 e. The largest absolute Gasteiger partial charge is 0.374 e. The van der Waals surface area contributed by atoms with Crippen LogP contribution in [-0.4, -0.2) is 42.5 Å². The SMILES string of the molecule is CC.CC(=O)SC(c1ccccc1)C1CN(CN)CCO1. The van der Waals surface area contributed by atoms with E-state index in [2.05, 4.69) is 4.90 Å². The molecule has 21 heavy (non-hydrogen) atoms. The summed E-state index contributed by atoms with van der Waals surface area (Å²) in [5.74, 6) is 0. The highest BCUT2D eigenvalue weighted by Crippen LogP contribution is 2.35. The van der Waals surface area contributed by atoms with Crippen LogP contribution in [0.5, 0.6) is 0 Å². The van der Waals surface area contributed by atoms with E-state index in [1.165, 1.54) is 11.8 Å². The van der Waals surface area contributed by atoms with Gasteiger partial charge in [0, 0.05) is 26.7 Å². The van der Waals surface area contributed by atoms with Crippen LogP contribution in [0.15, 0.2) is 30.3 Å². The van der Waals surface area contributed by atoms with Crippen LogP contribution in [0.2, 0.25) is 0 Å². The molecule has 2 N–H and O–H groups in total. The van der Waals surface area contributed by atoms with Crippen LogP contribution >= 0.6 is 11.8 Å². The molecular weight excluding hydrogens is 284 g/mol. The summed E-state index contributed by atoms with van der Waals surface area (Å²) in [4.78, 5) is 13.6. The molecule has 118 valence electrons. The molecule has 1 aliphatic heterocycles. The van der Waals surface area contributed by atoms with E-state index >= 15 is 0 Å². The summed E-state index contributed by atoms with van der Waals surface area (Å²) in [6.45, 7) is 8.44.